The number of piperidine rings is 1. The summed E-state index contributed by atoms with van der Waals surface area (Å²) in [5.74, 6) is 0.682. The topological polar surface area (TPSA) is 62.7 Å². The lowest BCUT2D eigenvalue weighted by Crippen LogP contribution is -2.40. The molecule has 0 bridgehead atoms. The number of carbonyl (C=O) groups is 1. The minimum Gasteiger partial charge on any atom is -0.496 e. The third kappa shape index (κ3) is 2.98. The number of hydrogen-bond donors (Lipinski definition) is 1. The van der Waals surface area contributed by atoms with Gasteiger partial charge < -0.3 is 14.7 Å². The van der Waals surface area contributed by atoms with Crippen LogP contribution in [0.4, 0.5) is 0 Å². The number of amides is 1. The summed E-state index contributed by atoms with van der Waals surface area (Å²) in [6.45, 7) is 1.17. The zero-order valence-electron chi connectivity index (χ0n) is 12.4. The first-order chi connectivity index (χ1) is 10.7. The number of methoxy groups -OCH3 is 1. The molecule has 5 nitrogen and oxygen atoms in total. The van der Waals surface area contributed by atoms with Gasteiger partial charge in [0.25, 0.3) is 5.91 Å². The van der Waals surface area contributed by atoms with Gasteiger partial charge in [0.05, 0.1) is 18.8 Å². The van der Waals surface area contributed by atoms with Crippen molar-refractivity contribution < 1.29 is 14.6 Å². The van der Waals surface area contributed by atoms with Crippen molar-refractivity contribution in [1.82, 2.24) is 9.88 Å². The minimum absolute atomic E-state index is 0.0655. The summed E-state index contributed by atoms with van der Waals surface area (Å²) in [6, 6.07) is 7.64. The molecule has 1 saturated heterocycles. The van der Waals surface area contributed by atoms with Gasteiger partial charge in [0.2, 0.25) is 0 Å². The third-order valence-electron chi connectivity index (χ3n) is 3.81. The van der Waals surface area contributed by atoms with Crippen LogP contribution in [0.15, 0.2) is 29.6 Å². The Morgan fingerprint density at radius 1 is 1.36 bits per heavy atom. The summed E-state index contributed by atoms with van der Waals surface area (Å²) < 4.78 is 5.34. The highest BCUT2D eigenvalue weighted by molar-refractivity contribution is 7.13. The van der Waals surface area contributed by atoms with Crippen LogP contribution in [0.25, 0.3) is 10.6 Å². The Morgan fingerprint density at radius 2 is 2.09 bits per heavy atom. The maximum absolute atomic E-state index is 12.5. The number of para-hydroxylation sites is 1. The van der Waals surface area contributed by atoms with Gasteiger partial charge in [-0.15, -0.1) is 11.3 Å². The number of likely N-dealkylation sites (tertiary alicyclic amines) is 1. The third-order valence-corrected chi connectivity index (χ3v) is 4.69. The van der Waals surface area contributed by atoms with Gasteiger partial charge in [-0.25, -0.2) is 4.98 Å². The Labute approximate surface area is 133 Å². The highest BCUT2D eigenvalue weighted by Crippen LogP contribution is 2.32. The molecule has 2 aromatic rings. The number of carbonyl (C=O) groups excluding carboxylic acids is 1. The molecule has 1 aliphatic rings. The monoisotopic (exact) mass is 318 g/mol. The molecule has 116 valence electrons. The maximum atomic E-state index is 12.5. The summed E-state index contributed by atoms with van der Waals surface area (Å²) in [6.07, 6.45) is 0.980. The molecular weight excluding hydrogens is 300 g/mol. The van der Waals surface area contributed by atoms with E-state index in [9.17, 15) is 9.90 Å². The van der Waals surface area contributed by atoms with E-state index in [1.165, 1.54) is 11.3 Å². The van der Waals surface area contributed by atoms with E-state index < -0.39 is 0 Å². The number of hydrogen-bond acceptors (Lipinski definition) is 5. The van der Waals surface area contributed by atoms with Gasteiger partial charge in [-0.05, 0) is 25.0 Å². The second-order valence-electron chi connectivity index (χ2n) is 5.26. The Balaban J connectivity index is 1.80. The summed E-state index contributed by atoms with van der Waals surface area (Å²) in [5.41, 5.74) is 1.35. The smallest absolute Gasteiger partial charge is 0.273 e. The predicted molar refractivity (Wildman–Crippen MR) is 85.2 cm³/mol. The summed E-state index contributed by atoms with van der Waals surface area (Å²) >= 11 is 1.44. The van der Waals surface area contributed by atoms with E-state index in [1.54, 1.807) is 17.4 Å². The number of aliphatic hydroxyl groups excluding tert-OH is 1. The highest BCUT2D eigenvalue weighted by Gasteiger charge is 2.24. The van der Waals surface area contributed by atoms with E-state index in [4.69, 9.17) is 4.74 Å². The molecule has 0 spiro atoms. The fourth-order valence-corrected chi connectivity index (χ4v) is 3.37. The van der Waals surface area contributed by atoms with Crippen molar-refractivity contribution >= 4 is 17.2 Å². The molecule has 2 heterocycles. The van der Waals surface area contributed by atoms with Crippen molar-refractivity contribution in [3.05, 3.63) is 35.3 Å². The van der Waals surface area contributed by atoms with Crippen molar-refractivity contribution in [2.45, 2.75) is 18.9 Å². The van der Waals surface area contributed by atoms with E-state index in [0.29, 0.717) is 31.6 Å². The molecular formula is C16H18N2O3S. The van der Waals surface area contributed by atoms with Crippen LogP contribution in [0, 0.1) is 0 Å². The fraction of sp³-hybridized carbons (Fsp3) is 0.375. The van der Waals surface area contributed by atoms with Crippen LogP contribution in [-0.2, 0) is 0 Å². The second kappa shape index (κ2) is 6.46. The maximum Gasteiger partial charge on any atom is 0.273 e. The fourth-order valence-electron chi connectivity index (χ4n) is 2.55. The van der Waals surface area contributed by atoms with Gasteiger partial charge in [0.15, 0.2) is 0 Å². The standard InChI is InChI=1S/C16H18N2O3S/c1-21-14-5-3-2-4-12(14)15-17-13(10-22-15)16(20)18-8-6-11(19)7-9-18/h2-5,10-11,19H,6-9H2,1H3. The van der Waals surface area contributed by atoms with Crippen LogP contribution in [-0.4, -0.2) is 47.2 Å². The van der Waals surface area contributed by atoms with Crippen LogP contribution < -0.4 is 4.74 Å². The molecule has 1 aromatic heterocycles. The lowest BCUT2D eigenvalue weighted by Gasteiger charge is -2.28. The first-order valence-electron chi connectivity index (χ1n) is 7.25. The van der Waals surface area contributed by atoms with Crippen LogP contribution >= 0.6 is 11.3 Å². The second-order valence-corrected chi connectivity index (χ2v) is 6.12. The molecule has 0 unspecified atom stereocenters. The molecule has 1 amide bonds. The van der Waals surface area contributed by atoms with Crippen molar-refractivity contribution in [2.75, 3.05) is 20.2 Å². The van der Waals surface area contributed by atoms with Crippen molar-refractivity contribution in [1.29, 1.82) is 0 Å². The zero-order valence-corrected chi connectivity index (χ0v) is 13.2. The molecule has 0 saturated carbocycles. The SMILES string of the molecule is COc1ccccc1-c1nc(C(=O)N2CCC(O)CC2)cs1. The number of ether oxygens (including phenoxy) is 1. The Morgan fingerprint density at radius 3 is 2.82 bits per heavy atom. The van der Waals surface area contributed by atoms with Gasteiger partial charge in [0.1, 0.15) is 16.5 Å². The summed E-state index contributed by atoms with van der Waals surface area (Å²) in [4.78, 5) is 18.7. The number of nitrogens with zero attached hydrogens (tertiary/aromatic N) is 2. The summed E-state index contributed by atoms with van der Waals surface area (Å²) in [5, 5.41) is 12.1. The van der Waals surface area contributed by atoms with Gasteiger partial charge in [0, 0.05) is 18.5 Å². The van der Waals surface area contributed by atoms with E-state index in [1.807, 2.05) is 24.3 Å². The lowest BCUT2D eigenvalue weighted by atomic mass is 10.1. The minimum atomic E-state index is -0.288. The van der Waals surface area contributed by atoms with E-state index in [-0.39, 0.29) is 12.0 Å². The predicted octanol–water partition coefficient (Wildman–Crippen LogP) is 2.42. The Bertz CT molecular complexity index is 663. The molecule has 3 rings (SSSR count). The molecule has 22 heavy (non-hydrogen) atoms. The Hall–Kier alpha value is -1.92. The molecule has 6 heteroatoms. The lowest BCUT2D eigenvalue weighted by molar-refractivity contribution is 0.0542. The normalized spacial score (nSPS) is 15.8. The zero-order chi connectivity index (χ0) is 15.5. The quantitative estimate of drug-likeness (QED) is 0.944. The Kier molecular flexibility index (Phi) is 4.40. The number of aliphatic hydroxyl groups is 1. The van der Waals surface area contributed by atoms with E-state index >= 15 is 0 Å². The van der Waals surface area contributed by atoms with E-state index in [0.717, 1.165) is 16.3 Å². The molecule has 1 N–H and O–H groups in total. The summed E-state index contributed by atoms with van der Waals surface area (Å²) in [7, 11) is 1.62. The van der Waals surface area contributed by atoms with Gasteiger partial charge in [-0.2, -0.15) is 0 Å². The van der Waals surface area contributed by atoms with Gasteiger partial charge >= 0.3 is 0 Å². The van der Waals surface area contributed by atoms with Gasteiger partial charge in [-0.3, -0.25) is 4.79 Å². The van der Waals surface area contributed by atoms with Crippen LogP contribution in [0.5, 0.6) is 5.75 Å². The molecule has 1 fully saturated rings. The highest BCUT2D eigenvalue weighted by atomic mass is 32.1. The number of rotatable bonds is 3. The van der Waals surface area contributed by atoms with Crippen molar-refractivity contribution in [2.24, 2.45) is 0 Å². The van der Waals surface area contributed by atoms with Gasteiger partial charge in [-0.1, -0.05) is 12.1 Å². The van der Waals surface area contributed by atoms with Crippen LogP contribution in [0.1, 0.15) is 23.3 Å². The van der Waals surface area contributed by atoms with E-state index in [2.05, 4.69) is 4.98 Å². The van der Waals surface area contributed by atoms with Crippen LogP contribution in [0.2, 0.25) is 0 Å². The first kappa shape index (κ1) is 15.0. The molecule has 0 atom stereocenters. The van der Waals surface area contributed by atoms with Crippen LogP contribution in [0.3, 0.4) is 0 Å². The number of benzene rings is 1. The number of aromatic nitrogens is 1. The molecule has 0 aliphatic carbocycles. The largest absolute Gasteiger partial charge is 0.496 e. The van der Waals surface area contributed by atoms with Crippen molar-refractivity contribution in [3.63, 3.8) is 0 Å². The first-order valence-corrected chi connectivity index (χ1v) is 8.13. The average Bonchev–Trinajstić information content (AvgIpc) is 3.04. The number of thiazole rings is 1. The molecule has 0 radical (unpaired) electrons. The van der Waals surface area contributed by atoms with Crippen molar-refractivity contribution in [3.8, 4) is 16.3 Å². The molecule has 1 aromatic carbocycles. The average molecular weight is 318 g/mol. The molecule has 1 aliphatic heterocycles.